The highest BCUT2D eigenvalue weighted by Gasteiger charge is 2.32. The summed E-state index contributed by atoms with van der Waals surface area (Å²) >= 11 is 0. The molecule has 2 aromatic carbocycles. The zero-order valence-corrected chi connectivity index (χ0v) is 15.0. The van der Waals surface area contributed by atoms with Crippen LogP contribution in [-0.4, -0.2) is 40.7 Å². The van der Waals surface area contributed by atoms with Crippen molar-refractivity contribution in [1.29, 1.82) is 5.41 Å². The van der Waals surface area contributed by atoms with Gasteiger partial charge in [0.1, 0.15) is 18.2 Å². The van der Waals surface area contributed by atoms with E-state index in [9.17, 15) is 4.79 Å². The van der Waals surface area contributed by atoms with Gasteiger partial charge in [-0.1, -0.05) is 0 Å². The van der Waals surface area contributed by atoms with Crippen molar-refractivity contribution in [3.63, 3.8) is 0 Å². The van der Waals surface area contributed by atoms with Gasteiger partial charge in [-0.25, -0.2) is 9.78 Å². The van der Waals surface area contributed by atoms with E-state index >= 15 is 0 Å². The third-order valence-corrected chi connectivity index (χ3v) is 4.44. The molecular weight excluding hydrogens is 358 g/mol. The highest BCUT2D eigenvalue weighted by Crippen LogP contribution is 2.23. The van der Waals surface area contributed by atoms with Crippen LogP contribution in [0.4, 0.5) is 10.5 Å². The average molecular weight is 377 g/mol. The Hall–Kier alpha value is -3.81. The lowest BCUT2D eigenvalue weighted by atomic mass is 10.2. The number of nitrogens with one attached hydrogen (secondary N) is 1. The summed E-state index contributed by atoms with van der Waals surface area (Å²) in [5.41, 5.74) is 7.74. The summed E-state index contributed by atoms with van der Waals surface area (Å²) in [5.74, 6) is 0.685. The predicted octanol–water partition coefficient (Wildman–Crippen LogP) is 2.56. The molecule has 3 N–H and O–H groups in total. The van der Waals surface area contributed by atoms with Gasteiger partial charge in [0.05, 0.1) is 12.9 Å². The zero-order valence-electron chi connectivity index (χ0n) is 15.0. The van der Waals surface area contributed by atoms with E-state index in [-0.39, 0.29) is 18.5 Å². The van der Waals surface area contributed by atoms with Crippen molar-refractivity contribution in [2.45, 2.75) is 6.10 Å². The molecule has 1 atom stereocenters. The monoisotopic (exact) mass is 377 g/mol. The van der Waals surface area contributed by atoms with Crippen LogP contribution < -0.4 is 15.4 Å². The first-order valence-corrected chi connectivity index (χ1v) is 8.74. The molecule has 1 unspecified atom stereocenters. The Morgan fingerprint density at radius 2 is 1.89 bits per heavy atom. The van der Waals surface area contributed by atoms with E-state index < -0.39 is 6.09 Å². The number of aromatic nitrogens is 2. The zero-order chi connectivity index (χ0) is 19.5. The SMILES string of the molecule is N=C(N)c1ccc(N2CC(COc3ccc(-n4ccnc4)cc3)OC2=O)cc1. The van der Waals surface area contributed by atoms with Gasteiger partial charge in [0.25, 0.3) is 0 Å². The molecule has 3 aromatic rings. The standard InChI is InChI=1S/C20H19N5O3/c21-19(22)14-1-3-16(4-2-14)25-11-18(28-20(25)26)12-27-17-7-5-15(6-8-17)24-10-9-23-13-24/h1-10,13,18H,11-12H2,(H3,21,22). The van der Waals surface area contributed by atoms with Gasteiger partial charge in [-0.3, -0.25) is 10.3 Å². The number of hydrogen-bond acceptors (Lipinski definition) is 5. The number of nitrogens with zero attached hydrogens (tertiary/aromatic N) is 3. The van der Waals surface area contributed by atoms with Gasteiger partial charge in [-0.05, 0) is 48.5 Å². The largest absolute Gasteiger partial charge is 0.490 e. The number of hydrogen-bond donors (Lipinski definition) is 2. The van der Waals surface area contributed by atoms with Crippen LogP contribution in [0.3, 0.4) is 0 Å². The normalized spacial score (nSPS) is 16.1. The quantitative estimate of drug-likeness (QED) is 0.507. The van der Waals surface area contributed by atoms with Gasteiger partial charge < -0.3 is 19.8 Å². The minimum Gasteiger partial charge on any atom is -0.490 e. The van der Waals surface area contributed by atoms with E-state index in [1.807, 2.05) is 35.0 Å². The molecule has 0 bridgehead atoms. The first-order valence-electron chi connectivity index (χ1n) is 8.74. The molecule has 1 aromatic heterocycles. The lowest BCUT2D eigenvalue weighted by Crippen LogP contribution is -2.26. The number of nitrogens with two attached hydrogens (primary N) is 1. The van der Waals surface area contributed by atoms with Crippen molar-refractivity contribution in [3.05, 3.63) is 72.8 Å². The third-order valence-electron chi connectivity index (χ3n) is 4.44. The van der Waals surface area contributed by atoms with Crippen LogP contribution in [0.1, 0.15) is 5.56 Å². The summed E-state index contributed by atoms with van der Waals surface area (Å²) in [6.07, 6.45) is 4.53. The Morgan fingerprint density at radius 3 is 2.54 bits per heavy atom. The van der Waals surface area contributed by atoms with Crippen LogP contribution in [0.5, 0.6) is 5.75 Å². The second-order valence-electron chi connectivity index (χ2n) is 6.35. The number of imidazole rings is 1. The third kappa shape index (κ3) is 3.66. The first kappa shape index (κ1) is 17.6. The first-order chi connectivity index (χ1) is 13.6. The molecule has 1 aliphatic rings. The van der Waals surface area contributed by atoms with Gasteiger partial charge in [0.15, 0.2) is 6.10 Å². The molecule has 0 radical (unpaired) electrons. The Bertz CT molecular complexity index is 968. The number of carbonyl (C=O) groups is 1. The van der Waals surface area contributed by atoms with E-state index in [2.05, 4.69) is 4.98 Å². The molecule has 1 amide bonds. The molecule has 1 aliphatic heterocycles. The Kier molecular flexibility index (Phi) is 4.67. The number of amidine groups is 1. The van der Waals surface area contributed by atoms with E-state index in [1.165, 1.54) is 0 Å². The molecule has 2 heterocycles. The molecule has 4 rings (SSSR count). The number of rotatable bonds is 6. The lowest BCUT2D eigenvalue weighted by Gasteiger charge is -2.14. The van der Waals surface area contributed by atoms with Crippen molar-refractivity contribution >= 4 is 17.6 Å². The fraction of sp³-hybridized carbons (Fsp3) is 0.150. The van der Waals surface area contributed by atoms with E-state index in [1.54, 1.807) is 41.7 Å². The van der Waals surface area contributed by atoms with Crippen LogP contribution >= 0.6 is 0 Å². The van der Waals surface area contributed by atoms with Crippen LogP contribution in [0, 0.1) is 5.41 Å². The number of benzene rings is 2. The summed E-state index contributed by atoms with van der Waals surface area (Å²) in [4.78, 5) is 17.7. The number of carbonyl (C=O) groups excluding carboxylic acids is 1. The summed E-state index contributed by atoms with van der Waals surface area (Å²) in [6.45, 7) is 0.656. The maximum absolute atomic E-state index is 12.2. The Morgan fingerprint density at radius 1 is 1.18 bits per heavy atom. The highest BCUT2D eigenvalue weighted by atomic mass is 16.6. The van der Waals surface area contributed by atoms with Gasteiger partial charge >= 0.3 is 6.09 Å². The number of cyclic esters (lactones) is 1. The molecule has 8 heteroatoms. The second-order valence-corrected chi connectivity index (χ2v) is 6.35. The van der Waals surface area contributed by atoms with E-state index in [4.69, 9.17) is 20.6 Å². The van der Waals surface area contributed by atoms with Gasteiger partial charge in [0, 0.05) is 29.3 Å². The number of anilines is 1. The average Bonchev–Trinajstić information content (AvgIpc) is 3.37. The summed E-state index contributed by atoms with van der Waals surface area (Å²) in [7, 11) is 0. The second kappa shape index (κ2) is 7.43. The number of nitrogen functional groups attached to an aromatic ring is 1. The minimum absolute atomic E-state index is 0.0131. The highest BCUT2D eigenvalue weighted by molar-refractivity contribution is 5.96. The maximum atomic E-state index is 12.2. The number of amides is 1. The van der Waals surface area contributed by atoms with Crippen molar-refractivity contribution in [1.82, 2.24) is 9.55 Å². The smallest absolute Gasteiger partial charge is 0.414 e. The van der Waals surface area contributed by atoms with E-state index in [0.29, 0.717) is 23.5 Å². The molecular formula is C20H19N5O3. The molecule has 142 valence electrons. The summed E-state index contributed by atoms with van der Waals surface area (Å²) in [6, 6.07) is 14.5. The molecule has 0 spiro atoms. The minimum atomic E-state index is -0.417. The van der Waals surface area contributed by atoms with Crippen LogP contribution in [-0.2, 0) is 4.74 Å². The number of ether oxygens (including phenoxy) is 2. The Balaban J connectivity index is 1.35. The molecule has 8 nitrogen and oxygen atoms in total. The molecule has 1 saturated heterocycles. The summed E-state index contributed by atoms with van der Waals surface area (Å²) < 4.78 is 13.1. The van der Waals surface area contributed by atoms with Gasteiger partial charge in [0.2, 0.25) is 0 Å². The van der Waals surface area contributed by atoms with Crippen LogP contribution in [0.25, 0.3) is 5.69 Å². The Labute approximate surface area is 161 Å². The summed E-state index contributed by atoms with van der Waals surface area (Å²) in [5, 5.41) is 7.43. The van der Waals surface area contributed by atoms with Crippen LogP contribution in [0.2, 0.25) is 0 Å². The maximum Gasteiger partial charge on any atom is 0.414 e. The van der Waals surface area contributed by atoms with Gasteiger partial charge in [-0.15, -0.1) is 0 Å². The molecule has 1 fully saturated rings. The van der Waals surface area contributed by atoms with Crippen molar-refractivity contribution in [2.24, 2.45) is 5.73 Å². The van der Waals surface area contributed by atoms with E-state index in [0.717, 1.165) is 5.69 Å². The molecule has 0 saturated carbocycles. The topological polar surface area (TPSA) is 106 Å². The van der Waals surface area contributed by atoms with Crippen LogP contribution in [0.15, 0.2) is 67.3 Å². The predicted molar refractivity (Wildman–Crippen MR) is 104 cm³/mol. The van der Waals surface area contributed by atoms with Crippen molar-refractivity contribution in [2.75, 3.05) is 18.1 Å². The van der Waals surface area contributed by atoms with Crippen molar-refractivity contribution < 1.29 is 14.3 Å². The fourth-order valence-corrected chi connectivity index (χ4v) is 2.96. The van der Waals surface area contributed by atoms with Gasteiger partial charge in [-0.2, -0.15) is 0 Å². The van der Waals surface area contributed by atoms with Crippen molar-refractivity contribution in [3.8, 4) is 11.4 Å². The lowest BCUT2D eigenvalue weighted by molar-refractivity contribution is 0.105. The fourth-order valence-electron chi connectivity index (χ4n) is 2.96. The molecule has 0 aliphatic carbocycles. The molecule has 28 heavy (non-hydrogen) atoms.